The van der Waals surface area contributed by atoms with Crippen molar-refractivity contribution in [2.45, 2.75) is 85.3 Å². The van der Waals surface area contributed by atoms with E-state index >= 15 is 0 Å². The van der Waals surface area contributed by atoms with Gasteiger partial charge in [-0.2, -0.15) is 5.10 Å². The summed E-state index contributed by atoms with van der Waals surface area (Å²) in [6.45, 7) is 12.7. The van der Waals surface area contributed by atoms with Gasteiger partial charge in [-0.3, -0.25) is 23.2 Å². The Kier molecular flexibility index (Phi) is 9.80. The molecule has 218 valence electrons. The summed E-state index contributed by atoms with van der Waals surface area (Å²) in [6, 6.07) is 8.46. The average molecular weight is 577 g/mol. The monoisotopic (exact) mass is 576 g/mol. The highest BCUT2D eigenvalue weighted by Crippen LogP contribution is 2.23. The van der Waals surface area contributed by atoms with Crippen LogP contribution < -0.4 is 11.2 Å². The van der Waals surface area contributed by atoms with E-state index in [0.717, 1.165) is 23.6 Å². The van der Waals surface area contributed by atoms with Crippen LogP contribution in [0.15, 0.2) is 46.2 Å². The number of aliphatic hydroxyl groups excluding tert-OH is 1. The molecule has 0 radical (unpaired) electrons. The molecule has 3 aromatic heterocycles. The summed E-state index contributed by atoms with van der Waals surface area (Å²) in [7, 11) is -1.31. The molecule has 0 amide bonds. The number of aryl methyl sites for hydroxylation is 1. The van der Waals surface area contributed by atoms with E-state index in [1.807, 2.05) is 44.3 Å². The first-order valence-corrected chi connectivity index (χ1v) is 17.9. The molecule has 0 saturated heterocycles. The first-order valence-electron chi connectivity index (χ1n) is 14.2. The van der Waals surface area contributed by atoms with Crippen LogP contribution in [0.5, 0.6) is 0 Å². The van der Waals surface area contributed by atoms with Crippen LogP contribution in [0.1, 0.15) is 37.8 Å². The Morgan fingerprint density at radius 1 is 1.05 bits per heavy atom. The number of benzene rings is 1. The second-order valence-electron chi connectivity index (χ2n) is 11.4. The van der Waals surface area contributed by atoms with E-state index in [2.05, 4.69) is 36.6 Å². The highest BCUT2D eigenvalue weighted by Gasteiger charge is 2.23. The van der Waals surface area contributed by atoms with E-state index in [-0.39, 0.29) is 24.6 Å². The molecular weight excluding hydrogens is 536 g/mol. The maximum Gasteiger partial charge on any atom is 0.332 e. The minimum absolute atomic E-state index is 0.0312. The summed E-state index contributed by atoms with van der Waals surface area (Å²) >= 11 is 0. The van der Waals surface area contributed by atoms with Crippen molar-refractivity contribution >= 4 is 19.2 Å². The van der Waals surface area contributed by atoms with Gasteiger partial charge in [0.15, 0.2) is 11.2 Å². The van der Waals surface area contributed by atoms with Crippen LogP contribution in [0.4, 0.5) is 0 Å². The minimum Gasteiger partial charge on any atom is -0.392 e. The zero-order valence-corrected chi connectivity index (χ0v) is 25.7. The van der Waals surface area contributed by atoms with Crippen LogP contribution in [0.25, 0.3) is 22.6 Å². The molecule has 0 bridgehead atoms. The molecule has 0 unspecified atom stereocenters. The lowest BCUT2D eigenvalue weighted by Crippen LogP contribution is -2.40. The molecule has 0 spiro atoms. The number of hydrogen-bond acceptors (Lipinski definition) is 6. The molecule has 4 aromatic rings. The number of rotatable bonds is 12. The number of nitrogens with zero attached hydrogens (tertiary/aromatic N) is 6. The summed E-state index contributed by atoms with van der Waals surface area (Å²) in [6.07, 6.45) is 4.93. The third kappa shape index (κ3) is 7.14. The number of ether oxygens (including phenoxy) is 1. The quantitative estimate of drug-likeness (QED) is 0.156. The van der Waals surface area contributed by atoms with E-state index in [9.17, 15) is 14.7 Å². The molecule has 4 rings (SSSR count). The Morgan fingerprint density at radius 2 is 1.80 bits per heavy atom. The molecule has 1 aromatic carbocycles. The first kappa shape index (κ1) is 30.2. The van der Waals surface area contributed by atoms with Gasteiger partial charge in [-0.25, -0.2) is 9.78 Å². The number of hydrogen-bond donors (Lipinski definition) is 1. The molecule has 1 N–H and O–H groups in total. The smallest absolute Gasteiger partial charge is 0.332 e. The maximum atomic E-state index is 13.7. The van der Waals surface area contributed by atoms with E-state index < -0.39 is 8.07 Å². The van der Waals surface area contributed by atoms with E-state index in [1.54, 1.807) is 20.0 Å². The fraction of sp³-hybridized carbons (Fsp3) is 0.467. The first-order chi connectivity index (χ1) is 19.7. The second kappa shape index (κ2) is 13.3. The molecule has 0 atom stereocenters. The van der Waals surface area contributed by atoms with Gasteiger partial charge in [0.1, 0.15) is 19.1 Å². The lowest BCUT2D eigenvalue weighted by molar-refractivity contribution is 0.0907. The Balaban J connectivity index is 1.75. The minimum atomic E-state index is -1.31. The zero-order valence-electron chi connectivity index (χ0n) is 24.7. The van der Waals surface area contributed by atoms with Crippen molar-refractivity contribution in [3.8, 4) is 23.2 Å². The average Bonchev–Trinajstić information content (AvgIpc) is 3.56. The normalized spacial score (nSPS) is 11.7. The molecule has 0 saturated carbocycles. The van der Waals surface area contributed by atoms with Crippen LogP contribution in [0, 0.1) is 11.8 Å². The second-order valence-corrected chi connectivity index (χ2v) is 17.0. The predicted molar refractivity (Wildman–Crippen MR) is 163 cm³/mol. The molecule has 0 aliphatic carbocycles. The van der Waals surface area contributed by atoms with E-state index in [1.165, 1.54) is 4.57 Å². The van der Waals surface area contributed by atoms with Crippen molar-refractivity contribution in [2.75, 3.05) is 6.61 Å². The third-order valence-corrected chi connectivity index (χ3v) is 8.40. The van der Waals surface area contributed by atoms with Crippen LogP contribution >= 0.6 is 0 Å². The molecule has 10 nitrogen and oxygen atoms in total. The largest absolute Gasteiger partial charge is 0.392 e. The van der Waals surface area contributed by atoms with Gasteiger partial charge in [-0.1, -0.05) is 57.5 Å². The molecule has 3 heterocycles. The summed E-state index contributed by atoms with van der Waals surface area (Å²) in [5.74, 6) is 6.75. The lowest BCUT2D eigenvalue weighted by atomic mass is 10.1. The maximum absolute atomic E-state index is 13.7. The third-order valence-electron chi connectivity index (χ3n) is 6.70. The summed E-state index contributed by atoms with van der Waals surface area (Å²) in [4.78, 5) is 31.8. The van der Waals surface area contributed by atoms with Crippen LogP contribution in [-0.2, 0) is 37.7 Å². The summed E-state index contributed by atoms with van der Waals surface area (Å²) in [5, 5.41) is 13.8. The van der Waals surface area contributed by atoms with Crippen molar-refractivity contribution in [3.63, 3.8) is 0 Å². The molecule has 11 heteroatoms. The Morgan fingerprint density at radius 3 is 2.51 bits per heavy atom. The van der Waals surface area contributed by atoms with E-state index in [0.29, 0.717) is 55.2 Å². The fourth-order valence-corrected chi connectivity index (χ4v) is 5.31. The molecule has 0 aliphatic rings. The van der Waals surface area contributed by atoms with E-state index in [4.69, 9.17) is 9.72 Å². The zero-order chi connectivity index (χ0) is 29.6. The topological polar surface area (TPSA) is 109 Å². The molecular formula is C30H40N6O4Si. The lowest BCUT2D eigenvalue weighted by Gasteiger charge is -2.16. The Hall–Kier alpha value is -3.72. The van der Waals surface area contributed by atoms with Gasteiger partial charge in [0.25, 0.3) is 5.56 Å². The van der Waals surface area contributed by atoms with Crippen molar-refractivity contribution in [3.05, 3.63) is 68.6 Å². The number of aromatic nitrogens is 6. The number of fused-ring (bicyclic) bond motifs is 1. The van der Waals surface area contributed by atoms with Gasteiger partial charge in [-0.15, -0.1) is 0 Å². The number of imidazole rings is 1. The van der Waals surface area contributed by atoms with Crippen LogP contribution in [0.2, 0.25) is 25.7 Å². The van der Waals surface area contributed by atoms with Gasteiger partial charge < -0.3 is 9.84 Å². The van der Waals surface area contributed by atoms with Gasteiger partial charge in [0.05, 0.1) is 18.4 Å². The predicted octanol–water partition coefficient (Wildman–Crippen LogP) is 3.90. The molecule has 0 fully saturated rings. The van der Waals surface area contributed by atoms with Gasteiger partial charge in [0, 0.05) is 39.5 Å². The highest BCUT2D eigenvalue weighted by molar-refractivity contribution is 6.76. The SMILES string of the molecule is CCCn1c(=O)c2c(nc(-c3cnn(CC#Cc4cccc(CO)c4)c3)n2COCC[Si](C)(C)C)n(CCC)c1=O. The van der Waals surface area contributed by atoms with Crippen molar-refractivity contribution in [2.24, 2.45) is 0 Å². The van der Waals surface area contributed by atoms with Crippen LogP contribution in [-0.4, -0.2) is 48.3 Å². The molecule has 0 aliphatic heterocycles. The van der Waals surface area contributed by atoms with Crippen LogP contribution in [0.3, 0.4) is 0 Å². The Bertz CT molecular complexity index is 1680. The summed E-state index contributed by atoms with van der Waals surface area (Å²) < 4.78 is 12.5. The fourth-order valence-electron chi connectivity index (χ4n) is 4.55. The van der Waals surface area contributed by atoms with Crippen molar-refractivity contribution in [1.82, 2.24) is 28.5 Å². The van der Waals surface area contributed by atoms with Gasteiger partial charge in [0.2, 0.25) is 0 Å². The Labute approximate surface area is 241 Å². The number of aliphatic hydroxyl groups is 1. The van der Waals surface area contributed by atoms with Gasteiger partial charge >= 0.3 is 5.69 Å². The highest BCUT2D eigenvalue weighted by atomic mass is 28.3. The summed E-state index contributed by atoms with van der Waals surface area (Å²) in [5.41, 5.74) is 2.38. The standard InChI is InChI=1S/C30H40N6O4Si/c1-6-13-34-28-26(29(38)35(14-7-2)30(34)39)36(22-40-16-17-41(3,4)5)27(32-28)25-19-31-33(20-25)15-9-12-23-10-8-11-24(18-23)21-37/h8,10-11,18-20,37H,6-7,13-17,21-22H2,1-5H3. The van der Waals surface area contributed by atoms with Crippen molar-refractivity contribution < 1.29 is 9.84 Å². The molecule has 41 heavy (non-hydrogen) atoms. The van der Waals surface area contributed by atoms with Gasteiger partial charge in [-0.05, 0) is 36.6 Å². The van der Waals surface area contributed by atoms with Crippen molar-refractivity contribution in [1.29, 1.82) is 0 Å².